The number of ether oxygens (including phenoxy) is 1. The van der Waals surface area contributed by atoms with Gasteiger partial charge in [-0.05, 0) is 19.8 Å². The molecule has 1 aromatic rings. The Hall–Kier alpha value is -2.09. The maximum atomic E-state index is 12.8. The van der Waals surface area contributed by atoms with Gasteiger partial charge in [-0.15, -0.1) is 0 Å². The predicted octanol–water partition coefficient (Wildman–Crippen LogP) is 1.19. The number of urea groups is 1. The van der Waals surface area contributed by atoms with Crippen LogP contribution in [0.5, 0.6) is 0 Å². The molecule has 3 rings (SSSR count). The Kier molecular flexibility index (Phi) is 5.57. The van der Waals surface area contributed by atoms with Crippen LogP contribution < -0.4 is 5.32 Å². The standard InChI is InChI=1S/C17H26N4O4/c1-3-14-15(12(2)19-25-14)16(22)20-6-4-13(5-7-20)18-17(23)21-8-10-24-11-9-21/h13H,3-11H2,1-2H3,(H,18,23). The lowest BCUT2D eigenvalue weighted by Gasteiger charge is -2.34. The summed E-state index contributed by atoms with van der Waals surface area (Å²) in [6.45, 7) is 7.46. The van der Waals surface area contributed by atoms with Crippen LogP contribution in [0.25, 0.3) is 0 Å². The number of hydrogen-bond acceptors (Lipinski definition) is 5. The third-order valence-electron chi connectivity index (χ3n) is 4.88. The van der Waals surface area contributed by atoms with Gasteiger partial charge in [0.05, 0.1) is 18.9 Å². The second-order valence-electron chi connectivity index (χ2n) is 6.54. The highest BCUT2D eigenvalue weighted by Gasteiger charge is 2.29. The van der Waals surface area contributed by atoms with E-state index in [1.165, 1.54) is 0 Å². The van der Waals surface area contributed by atoms with Gasteiger partial charge in [-0.2, -0.15) is 0 Å². The summed E-state index contributed by atoms with van der Waals surface area (Å²) in [6, 6.07) is 0.0739. The lowest BCUT2D eigenvalue weighted by atomic mass is 10.0. The normalized spacial score (nSPS) is 19.1. The van der Waals surface area contributed by atoms with E-state index in [9.17, 15) is 9.59 Å². The molecule has 0 radical (unpaired) electrons. The summed E-state index contributed by atoms with van der Waals surface area (Å²) in [4.78, 5) is 28.6. The topological polar surface area (TPSA) is 87.9 Å². The van der Waals surface area contributed by atoms with E-state index in [1.807, 2.05) is 11.8 Å². The Labute approximate surface area is 147 Å². The predicted molar refractivity (Wildman–Crippen MR) is 90.5 cm³/mol. The van der Waals surface area contributed by atoms with Gasteiger partial charge >= 0.3 is 6.03 Å². The number of hydrogen-bond donors (Lipinski definition) is 1. The molecule has 0 aromatic carbocycles. The molecule has 8 nitrogen and oxygen atoms in total. The molecule has 0 aliphatic carbocycles. The molecule has 138 valence electrons. The highest BCUT2D eigenvalue weighted by molar-refractivity contribution is 5.96. The monoisotopic (exact) mass is 350 g/mol. The van der Waals surface area contributed by atoms with Gasteiger partial charge in [0.15, 0.2) is 0 Å². The molecule has 3 amide bonds. The minimum atomic E-state index is -0.0313. The van der Waals surface area contributed by atoms with Gasteiger partial charge in [0.2, 0.25) is 0 Å². The van der Waals surface area contributed by atoms with Crippen molar-refractivity contribution in [3.8, 4) is 0 Å². The minimum Gasteiger partial charge on any atom is -0.378 e. The molecular formula is C17H26N4O4. The van der Waals surface area contributed by atoms with Crippen LogP contribution in [0.4, 0.5) is 4.79 Å². The number of piperidine rings is 1. The number of nitrogens with zero attached hydrogens (tertiary/aromatic N) is 3. The first-order valence-corrected chi connectivity index (χ1v) is 8.97. The zero-order valence-corrected chi connectivity index (χ0v) is 14.9. The number of rotatable bonds is 3. The van der Waals surface area contributed by atoms with Crippen molar-refractivity contribution in [1.82, 2.24) is 20.3 Å². The van der Waals surface area contributed by atoms with Crippen molar-refractivity contribution in [2.75, 3.05) is 39.4 Å². The zero-order valence-electron chi connectivity index (χ0n) is 14.9. The number of carbonyl (C=O) groups is 2. The summed E-state index contributed by atoms with van der Waals surface area (Å²) in [5.41, 5.74) is 1.24. The first-order chi connectivity index (χ1) is 12.1. The molecule has 8 heteroatoms. The maximum Gasteiger partial charge on any atom is 0.317 e. The molecule has 3 heterocycles. The van der Waals surface area contributed by atoms with Gasteiger partial charge in [-0.25, -0.2) is 4.79 Å². The molecule has 2 aliphatic heterocycles. The van der Waals surface area contributed by atoms with E-state index in [1.54, 1.807) is 11.8 Å². The summed E-state index contributed by atoms with van der Waals surface area (Å²) >= 11 is 0. The number of likely N-dealkylation sites (tertiary alicyclic amines) is 1. The second-order valence-corrected chi connectivity index (χ2v) is 6.54. The van der Waals surface area contributed by atoms with Gasteiger partial charge < -0.3 is 24.4 Å². The fraction of sp³-hybridized carbons (Fsp3) is 0.706. The maximum absolute atomic E-state index is 12.8. The molecule has 2 fully saturated rings. The van der Waals surface area contributed by atoms with Crippen LogP contribution in [-0.4, -0.2) is 72.3 Å². The Bertz CT molecular complexity index is 616. The Morgan fingerprint density at radius 2 is 1.84 bits per heavy atom. The first kappa shape index (κ1) is 17.7. The fourth-order valence-corrected chi connectivity index (χ4v) is 3.35. The molecule has 25 heavy (non-hydrogen) atoms. The van der Waals surface area contributed by atoms with E-state index >= 15 is 0 Å². The molecule has 0 bridgehead atoms. The van der Waals surface area contributed by atoms with Gasteiger partial charge in [0, 0.05) is 38.6 Å². The molecular weight excluding hydrogens is 324 g/mol. The third kappa shape index (κ3) is 3.95. The Balaban J connectivity index is 1.52. The van der Waals surface area contributed by atoms with Crippen molar-refractivity contribution in [2.45, 2.75) is 39.2 Å². The number of nitrogens with one attached hydrogen (secondary N) is 1. The van der Waals surface area contributed by atoms with Crippen LogP contribution in [0.1, 0.15) is 41.6 Å². The van der Waals surface area contributed by atoms with E-state index in [0.717, 1.165) is 12.8 Å². The molecule has 0 atom stereocenters. The average Bonchev–Trinajstić information content (AvgIpc) is 3.03. The number of aromatic nitrogens is 1. The summed E-state index contributed by atoms with van der Waals surface area (Å²) < 4.78 is 10.5. The Morgan fingerprint density at radius 3 is 2.48 bits per heavy atom. The lowest BCUT2D eigenvalue weighted by Crippen LogP contribution is -2.52. The van der Waals surface area contributed by atoms with Gasteiger partial charge in [0.25, 0.3) is 5.91 Å². The van der Waals surface area contributed by atoms with E-state index in [4.69, 9.17) is 9.26 Å². The number of aryl methyl sites for hydroxylation is 2. The Morgan fingerprint density at radius 1 is 1.16 bits per heavy atom. The first-order valence-electron chi connectivity index (χ1n) is 8.97. The number of amides is 3. The lowest BCUT2D eigenvalue weighted by molar-refractivity contribution is 0.0512. The summed E-state index contributed by atoms with van der Waals surface area (Å²) in [5, 5.41) is 6.99. The number of carbonyl (C=O) groups excluding carboxylic acids is 2. The van der Waals surface area contributed by atoms with E-state index in [-0.39, 0.29) is 18.0 Å². The molecule has 2 aliphatic rings. The van der Waals surface area contributed by atoms with Crippen molar-refractivity contribution in [3.63, 3.8) is 0 Å². The van der Waals surface area contributed by atoms with Gasteiger partial charge in [-0.3, -0.25) is 4.79 Å². The highest BCUT2D eigenvalue weighted by atomic mass is 16.5. The van der Waals surface area contributed by atoms with Crippen molar-refractivity contribution < 1.29 is 18.8 Å². The SMILES string of the molecule is CCc1onc(C)c1C(=O)N1CCC(NC(=O)N2CCOCC2)CC1. The summed E-state index contributed by atoms with van der Waals surface area (Å²) in [6.07, 6.45) is 2.16. The molecule has 0 saturated carbocycles. The van der Waals surface area contributed by atoms with E-state index < -0.39 is 0 Å². The van der Waals surface area contributed by atoms with Crippen molar-refractivity contribution in [2.24, 2.45) is 0 Å². The smallest absolute Gasteiger partial charge is 0.317 e. The van der Waals surface area contributed by atoms with Gasteiger partial charge in [0.1, 0.15) is 11.3 Å². The fourth-order valence-electron chi connectivity index (χ4n) is 3.35. The van der Waals surface area contributed by atoms with Crippen LogP contribution in [-0.2, 0) is 11.2 Å². The van der Waals surface area contributed by atoms with E-state index in [2.05, 4.69) is 10.5 Å². The molecule has 1 N–H and O–H groups in total. The van der Waals surface area contributed by atoms with Crippen molar-refractivity contribution in [1.29, 1.82) is 0 Å². The molecule has 1 aromatic heterocycles. The van der Waals surface area contributed by atoms with Crippen LogP contribution >= 0.6 is 0 Å². The minimum absolute atomic E-state index is 0.0199. The third-order valence-corrected chi connectivity index (χ3v) is 4.88. The van der Waals surface area contributed by atoms with Crippen molar-refractivity contribution >= 4 is 11.9 Å². The second kappa shape index (κ2) is 7.86. The quantitative estimate of drug-likeness (QED) is 0.885. The van der Waals surface area contributed by atoms with Crippen LogP contribution in [0.3, 0.4) is 0 Å². The molecule has 0 unspecified atom stereocenters. The average molecular weight is 350 g/mol. The van der Waals surface area contributed by atoms with Crippen LogP contribution in [0, 0.1) is 6.92 Å². The molecule has 0 spiro atoms. The van der Waals surface area contributed by atoms with E-state index in [0.29, 0.717) is 62.8 Å². The summed E-state index contributed by atoms with van der Waals surface area (Å²) in [7, 11) is 0. The number of morpholine rings is 1. The van der Waals surface area contributed by atoms with Gasteiger partial charge in [-0.1, -0.05) is 12.1 Å². The largest absolute Gasteiger partial charge is 0.378 e. The zero-order chi connectivity index (χ0) is 17.8. The highest BCUT2D eigenvalue weighted by Crippen LogP contribution is 2.20. The molecule has 2 saturated heterocycles. The van der Waals surface area contributed by atoms with Crippen LogP contribution in [0.15, 0.2) is 4.52 Å². The summed E-state index contributed by atoms with van der Waals surface area (Å²) in [5.74, 6) is 0.624. The van der Waals surface area contributed by atoms with Crippen molar-refractivity contribution in [3.05, 3.63) is 17.0 Å². The van der Waals surface area contributed by atoms with Crippen LogP contribution in [0.2, 0.25) is 0 Å².